The number of aliphatic hydroxyl groups is 2. The standard InChI is InChI=1S/C25H27F3O4/c1-16(2)14-19(15-22(28)25(31,32)13-3-4-23(29)30)24(17-5-9-20(26)10-6-17)18-7-11-21(27)12-8-18/h5-12,15-16,31-32H,3-4,13-14H2,1-2H3,(H,29,30). The van der Waals surface area contributed by atoms with Crippen LogP contribution in [0, 0.1) is 17.6 Å². The Balaban J connectivity index is 2.63. The lowest BCUT2D eigenvalue weighted by Gasteiger charge is -2.21. The lowest BCUT2D eigenvalue weighted by Crippen LogP contribution is -2.29. The third-order valence-corrected chi connectivity index (χ3v) is 4.81. The predicted octanol–water partition coefficient (Wildman–Crippen LogP) is 5.60. The molecule has 0 heterocycles. The Labute approximate surface area is 185 Å². The normalized spacial score (nSPS) is 12.2. The van der Waals surface area contributed by atoms with E-state index in [2.05, 4.69) is 0 Å². The minimum absolute atomic E-state index is 0.0451. The lowest BCUT2D eigenvalue weighted by atomic mass is 9.88. The lowest BCUT2D eigenvalue weighted by molar-refractivity contribution is -0.150. The zero-order valence-electron chi connectivity index (χ0n) is 18.0. The van der Waals surface area contributed by atoms with E-state index in [0.29, 0.717) is 28.7 Å². The van der Waals surface area contributed by atoms with Gasteiger partial charge in [-0.1, -0.05) is 38.1 Å². The Morgan fingerprint density at radius 3 is 1.84 bits per heavy atom. The van der Waals surface area contributed by atoms with E-state index in [1.54, 1.807) is 0 Å². The molecule has 0 radical (unpaired) electrons. The van der Waals surface area contributed by atoms with Gasteiger partial charge in [-0.05, 0) is 71.4 Å². The average Bonchev–Trinajstić information content (AvgIpc) is 2.70. The van der Waals surface area contributed by atoms with Crippen molar-refractivity contribution in [1.29, 1.82) is 0 Å². The summed E-state index contributed by atoms with van der Waals surface area (Å²) in [6.07, 6.45) is 0.390. The van der Waals surface area contributed by atoms with Crippen LogP contribution in [-0.2, 0) is 4.79 Å². The number of carbonyl (C=O) groups is 1. The van der Waals surface area contributed by atoms with Crippen molar-refractivity contribution >= 4 is 11.5 Å². The van der Waals surface area contributed by atoms with E-state index in [0.717, 1.165) is 6.08 Å². The molecule has 0 aliphatic rings. The average molecular weight is 448 g/mol. The number of carboxylic acids is 1. The van der Waals surface area contributed by atoms with E-state index in [4.69, 9.17) is 5.11 Å². The van der Waals surface area contributed by atoms with E-state index >= 15 is 0 Å². The Hall–Kier alpha value is -2.90. The second-order valence-electron chi connectivity index (χ2n) is 8.07. The monoisotopic (exact) mass is 448 g/mol. The van der Waals surface area contributed by atoms with E-state index < -0.39 is 35.6 Å². The smallest absolute Gasteiger partial charge is 0.303 e. The number of hydrogen-bond donors (Lipinski definition) is 3. The van der Waals surface area contributed by atoms with E-state index in [-0.39, 0.29) is 18.8 Å². The van der Waals surface area contributed by atoms with E-state index in [9.17, 15) is 28.2 Å². The molecule has 172 valence electrons. The zero-order chi connectivity index (χ0) is 23.9. The van der Waals surface area contributed by atoms with Crippen LogP contribution in [0.15, 0.2) is 66.0 Å². The van der Waals surface area contributed by atoms with Gasteiger partial charge in [0.15, 0.2) is 5.83 Å². The van der Waals surface area contributed by atoms with Crippen molar-refractivity contribution in [3.8, 4) is 0 Å². The van der Waals surface area contributed by atoms with Crippen LogP contribution in [0.25, 0.3) is 5.57 Å². The Bertz CT molecular complexity index is 928. The molecule has 0 aliphatic heterocycles. The summed E-state index contributed by atoms with van der Waals surface area (Å²) in [5.74, 6) is -6.07. The van der Waals surface area contributed by atoms with Crippen LogP contribution in [0.2, 0.25) is 0 Å². The summed E-state index contributed by atoms with van der Waals surface area (Å²) < 4.78 is 42.0. The first-order chi connectivity index (χ1) is 15.0. The fourth-order valence-electron chi connectivity index (χ4n) is 3.32. The van der Waals surface area contributed by atoms with Gasteiger partial charge in [0.2, 0.25) is 5.79 Å². The van der Waals surface area contributed by atoms with E-state index in [1.807, 2.05) is 13.8 Å². The minimum Gasteiger partial charge on any atom is -0.481 e. The summed E-state index contributed by atoms with van der Waals surface area (Å²) in [5, 5.41) is 29.1. The van der Waals surface area contributed by atoms with Crippen LogP contribution >= 0.6 is 0 Å². The van der Waals surface area contributed by atoms with Crippen molar-refractivity contribution in [3.05, 3.63) is 88.8 Å². The van der Waals surface area contributed by atoms with Crippen LogP contribution < -0.4 is 0 Å². The molecule has 32 heavy (non-hydrogen) atoms. The molecular weight excluding hydrogens is 421 g/mol. The molecule has 0 amide bonds. The molecule has 7 heteroatoms. The third-order valence-electron chi connectivity index (χ3n) is 4.81. The Morgan fingerprint density at radius 1 is 0.969 bits per heavy atom. The van der Waals surface area contributed by atoms with Gasteiger partial charge in [-0.2, -0.15) is 0 Å². The second-order valence-corrected chi connectivity index (χ2v) is 8.07. The van der Waals surface area contributed by atoms with Gasteiger partial charge in [0.1, 0.15) is 11.6 Å². The quantitative estimate of drug-likeness (QED) is 0.327. The summed E-state index contributed by atoms with van der Waals surface area (Å²) >= 11 is 0. The summed E-state index contributed by atoms with van der Waals surface area (Å²) in [7, 11) is 0. The fourth-order valence-corrected chi connectivity index (χ4v) is 3.32. The molecule has 0 unspecified atom stereocenters. The third kappa shape index (κ3) is 7.35. The van der Waals surface area contributed by atoms with Crippen LogP contribution in [0.5, 0.6) is 0 Å². The predicted molar refractivity (Wildman–Crippen MR) is 116 cm³/mol. The number of hydrogen-bond acceptors (Lipinski definition) is 3. The fraction of sp³-hybridized carbons (Fsp3) is 0.320. The summed E-state index contributed by atoms with van der Waals surface area (Å²) in [4.78, 5) is 10.7. The summed E-state index contributed by atoms with van der Waals surface area (Å²) in [5.41, 5.74) is 1.99. The molecule has 2 rings (SSSR count). The van der Waals surface area contributed by atoms with Crippen molar-refractivity contribution in [1.82, 2.24) is 0 Å². The maximum absolute atomic E-state index is 15.0. The molecule has 4 nitrogen and oxygen atoms in total. The number of aliphatic carboxylic acids is 1. The van der Waals surface area contributed by atoms with Crippen molar-refractivity contribution < 1.29 is 33.3 Å². The van der Waals surface area contributed by atoms with Crippen molar-refractivity contribution in [2.24, 2.45) is 5.92 Å². The van der Waals surface area contributed by atoms with Gasteiger partial charge in [-0.3, -0.25) is 4.79 Å². The number of allylic oxidation sites excluding steroid dienone is 2. The molecule has 0 saturated carbocycles. The highest BCUT2D eigenvalue weighted by molar-refractivity contribution is 5.83. The Morgan fingerprint density at radius 2 is 1.44 bits per heavy atom. The largest absolute Gasteiger partial charge is 0.481 e. The molecule has 0 aliphatic carbocycles. The van der Waals surface area contributed by atoms with Gasteiger partial charge in [-0.25, -0.2) is 13.2 Å². The van der Waals surface area contributed by atoms with Gasteiger partial charge in [0, 0.05) is 12.8 Å². The summed E-state index contributed by atoms with van der Waals surface area (Å²) in [6, 6.07) is 11.0. The SMILES string of the molecule is CC(C)CC(C=C(F)C(O)(O)CCCC(=O)O)=C(c1ccc(F)cc1)c1ccc(F)cc1. The van der Waals surface area contributed by atoms with Crippen LogP contribution in [0.4, 0.5) is 13.2 Å². The van der Waals surface area contributed by atoms with Gasteiger partial charge >= 0.3 is 5.97 Å². The second kappa shape index (κ2) is 11.1. The van der Waals surface area contributed by atoms with Crippen LogP contribution in [-0.4, -0.2) is 27.1 Å². The van der Waals surface area contributed by atoms with Crippen molar-refractivity contribution in [3.63, 3.8) is 0 Å². The first kappa shape index (κ1) is 25.4. The topological polar surface area (TPSA) is 77.8 Å². The number of carboxylic acid groups (broad SMARTS) is 1. The van der Waals surface area contributed by atoms with Gasteiger partial charge < -0.3 is 15.3 Å². The number of halogens is 3. The maximum atomic E-state index is 15.0. The molecule has 2 aromatic rings. The van der Waals surface area contributed by atoms with E-state index in [1.165, 1.54) is 48.5 Å². The van der Waals surface area contributed by atoms with Gasteiger partial charge in [0.05, 0.1) is 0 Å². The molecule has 0 spiro atoms. The van der Waals surface area contributed by atoms with Crippen LogP contribution in [0.1, 0.15) is 50.7 Å². The van der Waals surface area contributed by atoms with Crippen molar-refractivity contribution in [2.45, 2.75) is 45.3 Å². The molecule has 0 aromatic heterocycles. The number of benzene rings is 2. The maximum Gasteiger partial charge on any atom is 0.303 e. The van der Waals surface area contributed by atoms with Crippen LogP contribution in [0.3, 0.4) is 0 Å². The van der Waals surface area contributed by atoms with Crippen molar-refractivity contribution in [2.75, 3.05) is 0 Å². The first-order valence-electron chi connectivity index (χ1n) is 10.3. The highest BCUT2D eigenvalue weighted by Gasteiger charge is 2.30. The Kier molecular flexibility index (Phi) is 8.80. The highest BCUT2D eigenvalue weighted by atomic mass is 19.1. The van der Waals surface area contributed by atoms with Gasteiger partial charge in [0.25, 0.3) is 0 Å². The molecule has 2 aromatic carbocycles. The molecule has 0 bridgehead atoms. The number of rotatable bonds is 10. The minimum atomic E-state index is -2.84. The molecule has 0 atom stereocenters. The summed E-state index contributed by atoms with van der Waals surface area (Å²) in [6.45, 7) is 3.80. The molecule has 0 fully saturated rings. The van der Waals surface area contributed by atoms with Gasteiger partial charge in [-0.15, -0.1) is 0 Å². The molecule has 3 N–H and O–H groups in total. The highest BCUT2D eigenvalue weighted by Crippen LogP contribution is 2.34. The first-order valence-corrected chi connectivity index (χ1v) is 10.3. The zero-order valence-corrected chi connectivity index (χ0v) is 18.0. The molecular formula is C25H27F3O4. The molecule has 0 saturated heterocycles.